The number of hydrogen-bond donors (Lipinski definition) is 1. The van der Waals surface area contributed by atoms with Crippen molar-refractivity contribution in [2.75, 3.05) is 44.6 Å². The van der Waals surface area contributed by atoms with E-state index in [9.17, 15) is 0 Å². The summed E-state index contributed by atoms with van der Waals surface area (Å²) >= 11 is 1.54. The Morgan fingerprint density at radius 3 is 2.54 bits per heavy atom. The van der Waals surface area contributed by atoms with E-state index in [4.69, 9.17) is 9.47 Å². The summed E-state index contributed by atoms with van der Waals surface area (Å²) in [6.07, 6.45) is 3.58. The highest BCUT2D eigenvalue weighted by Crippen LogP contribution is 2.29. The van der Waals surface area contributed by atoms with E-state index in [1.54, 1.807) is 31.8 Å². The number of ether oxygens (including phenoxy) is 2. The van der Waals surface area contributed by atoms with Gasteiger partial charge in [0, 0.05) is 32.3 Å². The lowest BCUT2D eigenvalue weighted by Gasteiger charge is -2.18. The van der Waals surface area contributed by atoms with Crippen molar-refractivity contribution in [3.63, 3.8) is 0 Å². The van der Waals surface area contributed by atoms with Crippen LogP contribution in [0.15, 0.2) is 42.0 Å². The molecule has 152 valence electrons. The maximum atomic E-state index is 5.40. The number of anilines is 3. The second kappa shape index (κ2) is 11.7. The third-order valence-corrected chi connectivity index (χ3v) is 4.59. The minimum atomic E-state index is 0. The maximum absolute atomic E-state index is 5.40. The van der Waals surface area contributed by atoms with Crippen LogP contribution in [0.2, 0.25) is 0 Å². The van der Waals surface area contributed by atoms with Gasteiger partial charge in [0.2, 0.25) is 0 Å². The number of thiazole rings is 1. The number of rotatable bonds is 8. The van der Waals surface area contributed by atoms with Crippen LogP contribution in [0.25, 0.3) is 10.7 Å². The topological polar surface area (TPSA) is 72.4 Å². The van der Waals surface area contributed by atoms with Crippen LogP contribution in [0.1, 0.15) is 0 Å². The fraction of sp³-hybridized carbons (Fsp3) is 0.278. The summed E-state index contributed by atoms with van der Waals surface area (Å²) in [6.45, 7) is 1.47. The van der Waals surface area contributed by atoms with Gasteiger partial charge in [-0.1, -0.05) is 0 Å². The Morgan fingerprint density at radius 2 is 1.93 bits per heavy atom. The first-order chi connectivity index (χ1) is 12.7. The quantitative estimate of drug-likeness (QED) is 0.556. The molecular weight excluding hydrogens is 421 g/mol. The molecule has 3 rings (SSSR count). The first kappa shape index (κ1) is 23.9. The highest BCUT2D eigenvalue weighted by Gasteiger charge is 2.11. The van der Waals surface area contributed by atoms with Gasteiger partial charge >= 0.3 is 0 Å². The van der Waals surface area contributed by atoms with E-state index in [0.717, 1.165) is 22.9 Å². The van der Waals surface area contributed by atoms with Gasteiger partial charge in [0.05, 0.1) is 25.6 Å². The fourth-order valence-electron chi connectivity index (χ4n) is 2.33. The monoisotopic (exact) mass is 443 g/mol. The Balaban J connectivity index is 0.00000196. The van der Waals surface area contributed by atoms with Gasteiger partial charge < -0.3 is 19.7 Å². The highest BCUT2D eigenvalue weighted by atomic mass is 35.5. The van der Waals surface area contributed by atoms with E-state index < -0.39 is 0 Å². The molecule has 0 radical (unpaired) electrons. The molecule has 0 bridgehead atoms. The molecule has 3 aromatic rings. The lowest BCUT2D eigenvalue weighted by molar-refractivity contribution is 0.206. The molecular formula is C18H23Cl2N5O2S. The number of halogens is 2. The van der Waals surface area contributed by atoms with Gasteiger partial charge in [0.15, 0.2) is 11.6 Å². The molecule has 1 N–H and O–H groups in total. The molecule has 0 saturated heterocycles. The van der Waals surface area contributed by atoms with Gasteiger partial charge in [-0.15, -0.1) is 36.2 Å². The van der Waals surface area contributed by atoms with Crippen LogP contribution in [-0.2, 0) is 4.74 Å². The van der Waals surface area contributed by atoms with Gasteiger partial charge in [-0.05, 0) is 24.3 Å². The van der Waals surface area contributed by atoms with Gasteiger partial charge in [-0.3, -0.25) is 0 Å². The van der Waals surface area contributed by atoms with Crippen molar-refractivity contribution in [1.82, 2.24) is 15.0 Å². The van der Waals surface area contributed by atoms with Crippen molar-refractivity contribution in [3.8, 4) is 16.5 Å². The SMILES string of the molecule is COCCN(C)c1ccc(Nc2nc(-c3nccs3)ccc2OC)nc1.Cl.Cl. The standard InChI is InChI=1S/C18H21N5O2S.2ClH/c1-23(9-10-24-2)13-4-7-16(20-12-13)22-17-15(25-3)6-5-14(21-17)18-19-8-11-26-18;;/h4-8,11-12H,9-10H2,1-3H3,(H,20,21,22);2*1H. The first-order valence-electron chi connectivity index (χ1n) is 8.09. The Hall–Kier alpha value is -2.13. The minimum Gasteiger partial charge on any atom is -0.493 e. The van der Waals surface area contributed by atoms with E-state index in [1.165, 1.54) is 0 Å². The van der Waals surface area contributed by atoms with Crippen molar-refractivity contribution >= 4 is 53.5 Å². The number of hydrogen-bond acceptors (Lipinski definition) is 8. The van der Waals surface area contributed by atoms with E-state index in [0.29, 0.717) is 24.0 Å². The molecule has 0 aliphatic carbocycles. The average molecular weight is 444 g/mol. The fourth-order valence-corrected chi connectivity index (χ4v) is 2.94. The van der Waals surface area contributed by atoms with Crippen molar-refractivity contribution in [3.05, 3.63) is 42.0 Å². The molecule has 0 aromatic carbocycles. The van der Waals surface area contributed by atoms with Gasteiger partial charge in [0.1, 0.15) is 16.5 Å². The summed E-state index contributed by atoms with van der Waals surface area (Å²) in [5, 5.41) is 6.01. The number of likely N-dealkylation sites (N-methyl/N-ethyl adjacent to an activating group) is 1. The second-order valence-corrected chi connectivity index (χ2v) is 6.42. The Morgan fingerprint density at radius 1 is 1.11 bits per heavy atom. The van der Waals surface area contributed by atoms with Crippen LogP contribution in [0.4, 0.5) is 17.3 Å². The molecule has 10 heteroatoms. The minimum absolute atomic E-state index is 0. The van der Waals surface area contributed by atoms with Gasteiger partial charge in [-0.25, -0.2) is 15.0 Å². The van der Waals surface area contributed by atoms with Crippen LogP contribution in [0.3, 0.4) is 0 Å². The van der Waals surface area contributed by atoms with Crippen molar-refractivity contribution < 1.29 is 9.47 Å². The van der Waals surface area contributed by atoms with Crippen molar-refractivity contribution in [2.45, 2.75) is 0 Å². The predicted octanol–water partition coefficient (Wildman–Crippen LogP) is 4.28. The summed E-state index contributed by atoms with van der Waals surface area (Å²) in [7, 11) is 5.32. The van der Waals surface area contributed by atoms with E-state index in [-0.39, 0.29) is 24.8 Å². The van der Waals surface area contributed by atoms with Crippen LogP contribution >= 0.6 is 36.2 Å². The molecule has 0 aliphatic heterocycles. The largest absolute Gasteiger partial charge is 0.493 e. The van der Waals surface area contributed by atoms with Crippen molar-refractivity contribution in [1.29, 1.82) is 0 Å². The summed E-state index contributed by atoms with van der Waals surface area (Å²) in [6, 6.07) is 7.68. The zero-order valence-electron chi connectivity index (χ0n) is 15.8. The number of nitrogens with one attached hydrogen (secondary N) is 1. The molecule has 0 unspecified atom stereocenters. The summed E-state index contributed by atoms with van der Waals surface area (Å²) in [5.74, 6) is 1.94. The molecule has 3 aromatic heterocycles. The molecule has 7 nitrogen and oxygen atoms in total. The van der Waals surface area contributed by atoms with E-state index in [2.05, 4.69) is 25.2 Å². The summed E-state index contributed by atoms with van der Waals surface area (Å²) in [4.78, 5) is 15.5. The molecule has 3 heterocycles. The van der Waals surface area contributed by atoms with Crippen LogP contribution in [-0.4, -0.2) is 49.4 Å². The molecule has 0 spiro atoms. The lowest BCUT2D eigenvalue weighted by atomic mass is 10.3. The number of methoxy groups -OCH3 is 2. The third-order valence-electron chi connectivity index (χ3n) is 3.80. The zero-order valence-corrected chi connectivity index (χ0v) is 18.2. The highest BCUT2D eigenvalue weighted by molar-refractivity contribution is 7.13. The van der Waals surface area contributed by atoms with E-state index >= 15 is 0 Å². The molecule has 0 aliphatic rings. The normalized spacial score (nSPS) is 9.82. The third kappa shape index (κ3) is 5.93. The maximum Gasteiger partial charge on any atom is 0.175 e. The lowest BCUT2D eigenvalue weighted by Crippen LogP contribution is -2.22. The van der Waals surface area contributed by atoms with Crippen LogP contribution < -0.4 is 15.0 Å². The smallest absolute Gasteiger partial charge is 0.175 e. The predicted molar refractivity (Wildman–Crippen MR) is 119 cm³/mol. The molecule has 0 saturated carbocycles. The van der Waals surface area contributed by atoms with Crippen LogP contribution in [0, 0.1) is 0 Å². The Bertz CT molecular complexity index is 835. The van der Waals surface area contributed by atoms with E-state index in [1.807, 2.05) is 42.9 Å². The van der Waals surface area contributed by atoms with Crippen LogP contribution in [0.5, 0.6) is 5.75 Å². The number of pyridine rings is 2. The molecule has 0 atom stereocenters. The second-order valence-electron chi connectivity index (χ2n) is 5.53. The number of aromatic nitrogens is 3. The Labute approximate surface area is 181 Å². The molecule has 28 heavy (non-hydrogen) atoms. The molecule has 0 amide bonds. The first-order valence-corrected chi connectivity index (χ1v) is 8.97. The average Bonchev–Trinajstić information content (AvgIpc) is 3.21. The Kier molecular flexibility index (Phi) is 9.95. The number of nitrogens with zero attached hydrogens (tertiary/aromatic N) is 4. The van der Waals surface area contributed by atoms with Gasteiger partial charge in [0.25, 0.3) is 0 Å². The molecule has 0 fully saturated rings. The van der Waals surface area contributed by atoms with Crippen molar-refractivity contribution in [2.24, 2.45) is 0 Å². The summed E-state index contributed by atoms with van der Waals surface area (Å²) < 4.78 is 10.5. The van der Waals surface area contributed by atoms with Gasteiger partial charge in [-0.2, -0.15) is 0 Å². The summed E-state index contributed by atoms with van der Waals surface area (Å²) in [5.41, 5.74) is 1.81. The zero-order chi connectivity index (χ0) is 18.4.